The van der Waals surface area contributed by atoms with Gasteiger partial charge in [-0.3, -0.25) is 14.5 Å². The second kappa shape index (κ2) is 4.71. The van der Waals surface area contributed by atoms with E-state index in [2.05, 4.69) is 10.4 Å². The second-order valence-corrected chi connectivity index (χ2v) is 6.84. The van der Waals surface area contributed by atoms with Gasteiger partial charge >= 0.3 is 6.09 Å². The minimum absolute atomic E-state index is 0.0178. The van der Waals surface area contributed by atoms with Gasteiger partial charge in [0, 0.05) is 12.5 Å². The van der Waals surface area contributed by atoms with Crippen LogP contribution in [-0.2, 0) is 19.9 Å². The van der Waals surface area contributed by atoms with Crippen LogP contribution in [0.3, 0.4) is 0 Å². The molecule has 1 fully saturated rings. The van der Waals surface area contributed by atoms with Crippen molar-refractivity contribution in [2.75, 3.05) is 11.9 Å². The molecule has 3 N–H and O–H groups in total. The van der Waals surface area contributed by atoms with Crippen molar-refractivity contribution >= 4 is 23.7 Å². The van der Waals surface area contributed by atoms with Crippen molar-refractivity contribution < 1.29 is 19.1 Å². The van der Waals surface area contributed by atoms with Gasteiger partial charge in [-0.05, 0) is 20.8 Å². The summed E-state index contributed by atoms with van der Waals surface area (Å²) in [6.45, 7) is 5.16. The Kier molecular flexibility index (Phi) is 3.13. The van der Waals surface area contributed by atoms with Crippen LogP contribution in [0.2, 0.25) is 0 Å². The SMILES string of the molecule is CC(C)(C)OC(=O)N1CC2(C[C@H]1C(N)=O)C(=O)Nc1ccnn12. The van der Waals surface area contributed by atoms with E-state index in [0.29, 0.717) is 5.82 Å². The first kappa shape index (κ1) is 15.3. The third-order valence-corrected chi connectivity index (χ3v) is 4.01. The number of amides is 3. The fourth-order valence-corrected chi connectivity index (χ4v) is 3.04. The summed E-state index contributed by atoms with van der Waals surface area (Å²) in [6.07, 6.45) is 0.945. The molecule has 3 rings (SSSR count). The van der Waals surface area contributed by atoms with Gasteiger partial charge in [-0.1, -0.05) is 0 Å². The van der Waals surface area contributed by atoms with Gasteiger partial charge in [0.25, 0.3) is 5.91 Å². The molecular formula is C14H19N5O4. The summed E-state index contributed by atoms with van der Waals surface area (Å²) in [5.74, 6) is -0.455. The molecule has 9 nitrogen and oxygen atoms in total. The second-order valence-electron chi connectivity index (χ2n) is 6.84. The Bertz CT molecular complexity index is 692. The topological polar surface area (TPSA) is 120 Å². The van der Waals surface area contributed by atoms with Gasteiger partial charge in [0.05, 0.1) is 12.7 Å². The Hall–Kier alpha value is -2.58. The molecule has 1 aromatic rings. The van der Waals surface area contributed by atoms with E-state index in [1.807, 2.05) is 0 Å². The molecule has 1 aromatic heterocycles. The van der Waals surface area contributed by atoms with Crippen LogP contribution in [-0.4, -0.2) is 50.8 Å². The van der Waals surface area contributed by atoms with E-state index in [-0.39, 0.29) is 18.9 Å². The fourth-order valence-electron chi connectivity index (χ4n) is 3.04. The summed E-state index contributed by atoms with van der Waals surface area (Å²) in [5.41, 5.74) is 3.58. The van der Waals surface area contributed by atoms with Crippen molar-refractivity contribution in [1.29, 1.82) is 0 Å². The van der Waals surface area contributed by atoms with Crippen LogP contribution >= 0.6 is 0 Å². The zero-order valence-corrected chi connectivity index (χ0v) is 13.2. The van der Waals surface area contributed by atoms with Crippen LogP contribution in [0.4, 0.5) is 10.6 Å². The summed E-state index contributed by atoms with van der Waals surface area (Å²) in [6, 6.07) is 0.730. The number of carbonyl (C=O) groups excluding carboxylic acids is 3. The first-order valence-electron chi connectivity index (χ1n) is 7.29. The van der Waals surface area contributed by atoms with Gasteiger partial charge in [-0.2, -0.15) is 5.10 Å². The van der Waals surface area contributed by atoms with Crippen LogP contribution < -0.4 is 11.1 Å². The van der Waals surface area contributed by atoms with Crippen molar-refractivity contribution in [3.63, 3.8) is 0 Å². The van der Waals surface area contributed by atoms with Gasteiger partial charge in [0.2, 0.25) is 5.91 Å². The maximum atomic E-state index is 12.4. The highest BCUT2D eigenvalue weighted by molar-refractivity contribution is 6.02. The van der Waals surface area contributed by atoms with Crippen molar-refractivity contribution in [2.45, 2.75) is 44.4 Å². The van der Waals surface area contributed by atoms with E-state index in [0.717, 1.165) is 0 Å². The Labute approximate surface area is 132 Å². The zero-order valence-electron chi connectivity index (χ0n) is 13.2. The zero-order chi connectivity index (χ0) is 17.0. The van der Waals surface area contributed by atoms with Crippen molar-refractivity contribution in [1.82, 2.24) is 14.7 Å². The predicted octanol–water partition coefficient (Wildman–Crippen LogP) is 0.0252. The molecule has 23 heavy (non-hydrogen) atoms. The van der Waals surface area contributed by atoms with E-state index in [4.69, 9.17) is 10.5 Å². The molecule has 2 aliphatic heterocycles. The lowest BCUT2D eigenvalue weighted by atomic mass is 9.96. The summed E-state index contributed by atoms with van der Waals surface area (Å²) in [4.78, 5) is 37.8. The average molecular weight is 321 g/mol. The molecule has 1 unspecified atom stereocenters. The lowest BCUT2D eigenvalue weighted by Gasteiger charge is -2.27. The fraction of sp³-hybridized carbons (Fsp3) is 0.571. The number of nitrogens with two attached hydrogens (primary N) is 1. The summed E-state index contributed by atoms with van der Waals surface area (Å²) in [7, 11) is 0. The van der Waals surface area contributed by atoms with E-state index < -0.39 is 29.2 Å². The molecule has 1 saturated heterocycles. The molecule has 0 aromatic carbocycles. The molecule has 2 aliphatic rings. The molecule has 9 heteroatoms. The lowest BCUT2D eigenvalue weighted by Crippen LogP contribution is -2.46. The van der Waals surface area contributed by atoms with Crippen LogP contribution in [0.15, 0.2) is 12.3 Å². The summed E-state index contributed by atoms with van der Waals surface area (Å²) < 4.78 is 6.84. The lowest BCUT2D eigenvalue weighted by molar-refractivity contribution is -0.123. The number of anilines is 1. The highest BCUT2D eigenvalue weighted by Gasteiger charge is 2.58. The normalized spacial score (nSPS) is 26.3. The first-order chi connectivity index (χ1) is 10.6. The van der Waals surface area contributed by atoms with Crippen LogP contribution in [0.1, 0.15) is 27.2 Å². The molecule has 0 bridgehead atoms. The number of ether oxygens (including phenoxy) is 1. The van der Waals surface area contributed by atoms with E-state index in [1.54, 1.807) is 33.0 Å². The van der Waals surface area contributed by atoms with E-state index >= 15 is 0 Å². The molecule has 1 spiro atoms. The Morgan fingerprint density at radius 3 is 2.78 bits per heavy atom. The number of likely N-dealkylation sites (tertiary alicyclic amines) is 1. The molecule has 3 amide bonds. The van der Waals surface area contributed by atoms with E-state index in [9.17, 15) is 14.4 Å². The van der Waals surface area contributed by atoms with Gasteiger partial charge in [-0.15, -0.1) is 0 Å². The molecule has 3 heterocycles. The predicted molar refractivity (Wildman–Crippen MR) is 79.4 cm³/mol. The van der Waals surface area contributed by atoms with Crippen LogP contribution in [0.5, 0.6) is 0 Å². The third kappa shape index (κ3) is 2.32. The summed E-state index contributed by atoms with van der Waals surface area (Å²) >= 11 is 0. The van der Waals surface area contributed by atoms with Gasteiger partial charge in [0.1, 0.15) is 17.5 Å². The smallest absolute Gasteiger partial charge is 0.411 e. The van der Waals surface area contributed by atoms with Gasteiger partial charge < -0.3 is 15.8 Å². The number of nitrogens with one attached hydrogen (secondary N) is 1. The quantitative estimate of drug-likeness (QED) is 0.756. The minimum atomic E-state index is -1.13. The summed E-state index contributed by atoms with van der Waals surface area (Å²) in [5, 5.41) is 6.86. The highest BCUT2D eigenvalue weighted by atomic mass is 16.6. The minimum Gasteiger partial charge on any atom is -0.444 e. The number of aromatic nitrogens is 2. The number of hydrogen-bond acceptors (Lipinski definition) is 5. The Morgan fingerprint density at radius 1 is 1.48 bits per heavy atom. The first-order valence-corrected chi connectivity index (χ1v) is 7.29. The molecule has 0 radical (unpaired) electrons. The number of fused-ring (bicyclic) bond motifs is 2. The Balaban J connectivity index is 1.95. The maximum Gasteiger partial charge on any atom is 0.411 e. The van der Waals surface area contributed by atoms with Gasteiger partial charge in [-0.25, -0.2) is 9.48 Å². The number of carbonyl (C=O) groups is 3. The molecule has 0 aliphatic carbocycles. The monoisotopic (exact) mass is 321 g/mol. The number of rotatable bonds is 1. The Morgan fingerprint density at radius 2 is 2.17 bits per heavy atom. The average Bonchev–Trinajstić information content (AvgIpc) is 3.05. The molecular weight excluding hydrogens is 302 g/mol. The van der Waals surface area contributed by atoms with Crippen molar-refractivity contribution in [3.05, 3.63) is 12.3 Å². The maximum absolute atomic E-state index is 12.4. The number of hydrogen-bond donors (Lipinski definition) is 2. The van der Waals surface area contributed by atoms with Gasteiger partial charge in [0.15, 0.2) is 5.54 Å². The molecule has 0 saturated carbocycles. The number of nitrogens with zero attached hydrogens (tertiary/aromatic N) is 3. The number of primary amides is 1. The third-order valence-electron chi connectivity index (χ3n) is 4.01. The van der Waals surface area contributed by atoms with Crippen LogP contribution in [0.25, 0.3) is 0 Å². The van der Waals surface area contributed by atoms with Crippen LogP contribution in [0, 0.1) is 0 Å². The van der Waals surface area contributed by atoms with Crippen molar-refractivity contribution in [3.8, 4) is 0 Å². The molecule has 124 valence electrons. The largest absolute Gasteiger partial charge is 0.444 e. The highest BCUT2D eigenvalue weighted by Crippen LogP contribution is 2.40. The molecule has 2 atom stereocenters. The van der Waals surface area contributed by atoms with E-state index in [1.165, 1.54) is 9.58 Å². The standard InChI is InChI=1S/C14H19N5O4/c1-13(2,3)23-12(22)18-7-14(6-8(18)10(15)20)11(21)17-9-4-5-16-19(9)14/h4-5,8H,6-7H2,1-3H3,(H2,15,20)(H,17,21)/t8-,14?/m0/s1. The van der Waals surface area contributed by atoms with Crippen molar-refractivity contribution in [2.24, 2.45) is 5.73 Å².